The van der Waals surface area contributed by atoms with E-state index < -0.39 is 10.0 Å². The lowest BCUT2D eigenvalue weighted by molar-refractivity contribution is -0.139. The Labute approximate surface area is 156 Å². The van der Waals surface area contributed by atoms with Gasteiger partial charge in [0.2, 0.25) is 15.9 Å². The second-order valence-corrected chi connectivity index (χ2v) is 8.97. The Hall–Kier alpha value is -1.44. The summed E-state index contributed by atoms with van der Waals surface area (Å²) in [5.41, 5.74) is 0.971. The third-order valence-corrected chi connectivity index (χ3v) is 6.76. The van der Waals surface area contributed by atoms with Gasteiger partial charge in [-0.2, -0.15) is 0 Å². The highest BCUT2D eigenvalue weighted by Gasteiger charge is 2.24. The van der Waals surface area contributed by atoms with E-state index in [1.54, 1.807) is 24.3 Å². The van der Waals surface area contributed by atoms with Crippen LogP contribution in [0.3, 0.4) is 0 Å². The summed E-state index contributed by atoms with van der Waals surface area (Å²) < 4.78 is 33.0. The largest absolute Gasteiger partial charge is 0.377 e. The van der Waals surface area contributed by atoms with Crippen LogP contribution in [0.5, 0.6) is 0 Å². The van der Waals surface area contributed by atoms with E-state index in [4.69, 9.17) is 4.74 Å². The number of hydrogen-bond acceptors (Lipinski definition) is 4. The van der Waals surface area contributed by atoms with Crippen molar-refractivity contribution in [2.75, 3.05) is 19.8 Å². The lowest BCUT2D eigenvalue weighted by atomic mass is 10.1. The van der Waals surface area contributed by atoms with Crippen molar-refractivity contribution in [1.29, 1.82) is 0 Å². The van der Waals surface area contributed by atoms with Gasteiger partial charge in [-0.1, -0.05) is 25.0 Å². The molecule has 1 amide bonds. The van der Waals surface area contributed by atoms with Gasteiger partial charge in [0.15, 0.2) is 0 Å². The maximum atomic E-state index is 12.4. The van der Waals surface area contributed by atoms with E-state index >= 15 is 0 Å². The van der Waals surface area contributed by atoms with Crippen LogP contribution in [0.1, 0.15) is 44.6 Å². The molecule has 1 aromatic carbocycles. The van der Waals surface area contributed by atoms with Gasteiger partial charge in [0.1, 0.15) is 0 Å². The first-order chi connectivity index (χ1) is 12.5. The minimum Gasteiger partial charge on any atom is -0.377 e. The summed E-state index contributed by atoms with van der Waals surface area (Å²) in [7, 11) is -3.46. The molecule has 2 aliphatic rings. The zero-order valence-electron chi connectivity index (χ0n) is 15.3. The quantitative estimate of drug-likeness (QED) is 0.820. The fraction of sp³-hybridized carbons (Fsp3) is 0.632. The summed E-state index contributed by atoms with van der Waals surface area (Å²) in [5, 5.41) is 0. The van der Waals surface area contributed by atoms with Gasteiger partial charge in [0.05, 0.1) is 24.2 Å². The molecule has 2 fully saturated rings. The molecule has 1 saturated carbocycles. The minimum absolute atomic E-state index is 0.0628. The predicted molar refractivity (Wildman–Crippen MR) is 99.3 cm³/mol. The van der Waals surface area contributed by atoms with Crippen LogP contribution in [-0.4, -0.2) is 51.1 Å². The van der Waals surface area contributed by atoms with E-state index in [1.165, 1.54) is 0 Å². The zero-order valence-corrected chi connectivity index (χ0v) is 16.1. The molecule has 6 nitrogen and oxygen atoms in total. The number of carbonyl (C=O) groups is 1. The molecule has 1 heterocycles. The average Bonchev–Trinajstić information content (AvgIpc) is 3.13. The first-order valence-electron chi connectivity index (χ1n) is 9.44. The minimum atomic E-state index is -3.46. The number of rotatable bonds is 6. The molecule has 1 atom stereocenters. The monoisotopic (exact) mass is 380 g/mol. The average molecular weight is 381 g/mol. The van der Waals surface area contributed by atoms with Crippen molar-refractivity contribution in [3.63, 3.8) is 0 Å². The molecule has 3 rings (SSSR count). The van der Waals surface area contributed by atoms with Gasteiger partial charge in [-0.15, -0.1) is 0 Å². The molecule has 0 bridgehead atoms. The summed E-state index contributed by atoms with van der Waals surface area (Å²) in [5.74, 6) is 0.125. The Kier molecular flexibility index (Phi) is 6.32. The van der Waals surface area contributed by atoms with Crippen LogP contribution in [-0.2, 0) is 26.0 Å². The molecule has 1 N–H and O–H groups in total. The topological polar surface area (TPSA) is 75.7 Å². The smallest absolute Gasteiger partial charge is 0.240 e. The van der Waals surface area contributed by atoms with Gasteiger partial charge >= 0.3 is 0 Å². The highest BCUT2D eigenvalue weighted by Crippen LogP contribution is 2.21. The van der Waals surface area contributed by atoms with Crippen molar-refractivity contribution >= 4 is 15.9 Å². The van der Waals surface area contributed by atoms with E-state index in [9.17, 15) is 13.2 Å². The normalized spacial score (nSPS) is 21.9. The molecule has 144 valence electrons. The fourth-order valence-corrected chi connectivity index (χ4v) is 4.96. The number of nitrogens with one attached hydrogen (secondary N) is 1. The van der Waals surface area contributed by atoms with Crippen LogP contribution in [0.4, 0.5) is 0 Å². The molecule has 0 aromatic heterocycles. The zero-order chi connectivity index (χ0) is 18.6. The Balaban J connectivity index is 1.54. The van der Waals surface area contributed by atoms with E-state index in [0.717, 1.165) is 31.2 Å². The molecule has 1 unspecified atom stereocenters. The van der Waals surface area contributed by atoms with Gasteiger partial charge < -0.3 is 9.64 Å². The van der Waals surface area contributed by atoms with Gasteiger partial charge in [-0.25, -0.2) is 13.1 Å². The van der Waals surface area contributed by atoms with E-state index in [0.29, 0.717) is 37.5 Å². The van der Waals surface area contributed by atoms with Crippen LogP contribution < -0.4 is 4.72 Å². The second-order valence-electron chi connectivity index (χ2n) is 7.26. The molecule has 7 heteroatoms. The number of nitrogens with zero attached hydrogens (tertiary/aromatic N) is 1. The molecule has 26 heavy (non-hydrogen) atoms. The number of amides is 1. The maximum Gasteiger partial charge on any atom is 0.240 e. The molecule has 1 aliphatic carbocycles. The molecule has 0 radical (unpaired) electrons. The van der Waals surface area contributed by atoms with Crippen molar-refractivity contribution < 1.29 is 17.9 Å². The Morgan fingerprint density at radius 3 is 2.58 bits per heavy atom. The third kappa shape index (κ3) is 4.84. The van der Waals surface area contributed by atoms with Gasteiger partial charge in [0, 0.05) is 19.0 Å². The summed E-state index contributed by atoms with van der Waals surface area (Å²) in [6.45, 7) is 3.82. The summed E-state index contributed by atoms with van der Waals surface area (Å²) in [6, 6.07) is 7.06. The van der Waals surface area contributed by atoms with E-state index in [2.05, 4.69) is 4.72 Å². The Morgan fingerprint density at radius 2 is 1.92 bits per heavy atom. The van der Waals surface area contributed by atoms with Crippen molar-refractivity contribution in [2.45, 2.75) is 62.4 Å². The molecular formula is C19H28N2O4S. The molecular weight excluding hydrogens is 352 g/mol. The van der Waals surface area contributed by atoms with Crippen LogP contribution in [0, 0.1) is 0 Å². The van der Waals surface area contributed by atoms with Crippen LogP contribution in [0.15, 0.2) is 29.2 Å². The first-order valence-corrected chi connectivity index (χ1v) is 10.9. The van der Waals surface area contributed by atoms with E-state index in [1.807, 2.05) is 11.8 Å². The number of hydrogen-bond donors (Lipinski definition) is 1. The van der Waals surface area contributed by atoms with Crippen molar-refractivity contribution in [2.24, 2.45) is 0 Å². The third-order valence-electron chi connectivity index (χ3n) is 5.23. The van der Waals surface area contributed by atoms with Crippen LogP contribution in [0.25, 0.3) is 0 Å². The lowest BCUT2D eigenvalue weighted by Crippen LogP contribution is -2.47. The van der Waals surface area contributed by atoms with Gasteiger partial charge in [-0.3, -0.25) is 4.79 Å². The molecule has 1 saturated heterocycles. The second kappa shape index (κ2) is 8.50. The van der Waals surface area contributed by atoms with Crippen molar-refractivity contribution in [3.8, 4) is 0 Å². The number of carbonyl (C=O) groups excluding carboxylic acids is 1. The molecule has 1 aliphatic heterocycles. The molecule has 0 spiro atoms. The number of morpholine rings is 1. The summed E-state index contributed by atoms with van der Waals surface area (Å²) in [6.07, 6.45) is 5.04. The maximum absolute atomic E-state index is 12.4. The number of aryl methyl sites for hydroxylation is 1. The fourth-order valence-electron chi connectivity index (χ4n) is 3.66. The first kappa shape index (κ1) is 19.3. The SMILES string of the molecule is CC1COCCN1C(=O)CCc1ccc(S(=O)(=O)NC2CCCC2)cc1. The summed E-state index contributed by atoms with van der Waals surface area (Å²) >= 11 is 0. The number of sulfonamides is 1. The Morgan fingerprint density at radius 1 is 1.23 bits per heavy atom. The van der Waals surface area contributed by atoms with Crippen LogP contribution >= 0.6 is 0 Å². The Bertz CT molecular complexity index is 712. The van der Waals surface area contributed by atoms with Crippen molar-refractivity contribution in [1.82, 2.24) is 9.62 Å². The summed E-state index contributed by atoms with van der Waals surface area (Å²) in [4.78, 5) is 14.5. The standard InChI is InChI=1S/C19H28N2O4S/c1-15-14-25-13-12-21(15)19(22)11-8-16-6-9-18(10-7-16)26(23,24)20-17-4-2-3-5-17/h6-7,9-10,15,17,20H,2-5,8,11-14H2,1H3. The number of benzene rings is 1. The van der Waals surface area contributed by atoms with E-state index in [-0.39, 0.29) is 18.0 Å². The van der Waals surface area contributed by atoms with Gasteiger partial charge in [0.25, 0.3) is 0 Å². The number of ether oxygens (including phenoxy) is 1. The van der Waals surface area contributed by atoms with Gasteiger partial charge in [-0.05, 0) is 43.9 Å². The predicted octanol–water partition coefficient (Wildman–Crippen LogP) is 2.09. The molecule has 1 aromatic rings. The lowest BCUT2D eigenvalue weighted by Gasteiger charge is -2.33. The van der Waals surface area contributed by atoms with Crippen LogP contribution in [0.2, 0.25) is 0 Å². The van der Waals surface area contributed by atoms with Crippen molar-refractivity contribution in [3.05, 3.63) is 29.8 Å². The highest BCUT2D eigenvalue weighted by atomic mass is 32.2. The highest BCUT2D eigenvalue weighted by molar-refractivity contribution is 7.89.